The van der Waals surface area contributed by atoms with Crippen molar-refractivity contribution in [1.29, 1.82) is 5.41 Å². The molecule has 1 aliphatic rings. The number of carbonyl (C=O) groups is 1. The lowest BCUT2D eigenvalue weighted by Gasteiger charge is -2.03. The minimum atomic E-state index is -0.273. The van der Waals surface area contributed by atoms with Crippen molar-refractivity contribution in [3.05, 3.63) is 34.9 Å². The van der Waals surface area contributed by atoms with Crippen molar-refractivity contribution < 1.29 is 9.53 Å². The second kappa shape index (κ2) is 3.94. The van der Waals surface area contributed by atoms with Crippen molar-refractivity contribution in [3.8, 4) is 0 Å². The number of thioether (sulfide) groups is 1. The van der Waals surface area contributed by atoms with Crippen molar-refractivity contribution >= 4 is 22.9 Å². The van der Waals surface area contributed by atoms with Gasteiger partial charge >= 0.3 is 5.97 Å². The van der Waals surface area contributed by atoms with Gasteiger partial charge in [0, 0.05) is 11.3 Å². The van der Waals surface area contributed by atoms with Crippen molar-refractivity contribution in [3.63, 3.8) is 0 Å². The molecule has 3 N–H and O–H groups in total. The highest BCUT2D eigenvalue weighted by Gasteiger charge is 2.23. The Bertz CT molecular complexity index is 431. The van der Waals surface area contributed by atoms with Crippen LogP contribution in [0.2, 0.25) is 0 Å². The number of esters is 1. The van der Waals surface area contributed by atoms with Crippen molar-refractivity contribution in [2.24, 2.45) is 5.73 Å². The summed E-state index contributed by atoms with van der Waals surface area (Å²) in [5, 5.41) is 7.17. The molecule has 0 bridgehead atoms. The van der Waals surface area contributed by atoms with Gasteiger partial charge in [0.1, 0.15) is 6.61 Å². The molecule has 0 amide bonds. The standard InChI is InChI=1S/C10H10N2O2S/c11-10(12)15-5-7-3-1-2-6-4-14-9(13)8(6)7/h1-3H,4-5H2,(H3,11,12). The molecule has 1 heterocycles. The average Bonchev–Trinajstić information content (AvgIpc) is 2.58. The molecule has 0 saturated carbocycles. The number of ether oxygens (including phenoxy) is 1. The first kappa shape index (κ1) is 10.0. The molecule has 1 aromatic rings. The summed E-state index contributed by atoms with van der Waals surface area (Å²) in [6, 6.07) is 5.63. The molecule has 0 aromatic heterocycles. The van der Waals surface area contributed by atoms with E-state index in [0.717, 1.165) is 11.1 Å². The summed E-state index contributed by atoms with van der Waals surface area (Å²) in [5.74, 6) is 0.262. The number of hydrogen-bond acceptors (Lipinski definition) is 4. The fourth-order valence-corrected chi connectivity index (χ4v) is 2.08. The van der Waals surface area contributed by atoms with Crippen LogP contribution in [0.3, 0.4) is 0 Å². The minimum absolute atomic E-state index is 0.0546. The van der Waals surface area contributed by atoms with Gasteiger partial charge in [0.25, 0.3) is 0 Å². The average molecular weight is 222 g/mol. The molecule has 4 nitrogen and oxygen atoms in total. The van der Waals surface area contributed by atoms with E-state index in [1.165, 1.54) is 11.8 Å². The Kier molecular flexibility index (Phi) is 2.64. The summed E-state index contributed by atoms with van der Waals surface area (Å²) in [4.78, 5) is 11.4. The number of cyclic esters (lactones) is 1. The fourth-order valence-electron chi connectivity index (χ4n) is 1.53. The van der Waals surface area contributed by atoms with Gasteiger partial charge < -0.3 is 10.5 Å². The molecule has 0 radical (unpaired) electrons. The van der Waals surface area contributed by atoms with Gasteiger partial charge in [-0.1, -0.05) is 30.0 Å². The molecular weight excluding hydrogens is 212 g/mol. The van der Waals surface area contributed by atoms with Gasteiger partial charge in [-0.2, -0.15) is 0 Å². The molecule has 0 unspecified atom stereocenters. The van der Waals surface area contributed by atoms with Crippen LogP contribution >= 0.6 is 11.8 Å². The van der Waals surface area contributed by atoms with Gasteiger partial charge in [-0.05, 0) is 5.56 Å². The number of fused-ring (bicyclic) bond motifs is 1. The van der Waals surface area contributed by atoms with Crippen LogP contribution in [0, 0.1) is 5.41 Å². The van der Waals surface area contributed by atoms with Crippen LogP contribution in [0.1, 0.15) is 21.5 Å². The number of amidine groups is 1. The van der Waals surface area contributed by atoms with E-state index in [-0.39, 0.29) is 11.1 Å². The summed E-state index contributed by atoms with van der Waals surface area (Å²) in [6.45, 7) is 0.354. The molecule has 0 aliphatic carbocycles. The van der Waals surface area contributed by atoms with Crippen LogP contribution in [-0.2, 0) is 17.1 Å². The number of hydrogen-bond donors (Lipinski definition) is 2. The van der Waals surface area contributed by atoms with Gasteiger partial charge in [0.15, 0.2) is 5.17 Å². The summed E-state index contributed by atoms with van der Waals surface area (Å²) in [5.41, 5.74) is 7.70. The Morgan fingerprint density at radius 3 is 3.13 bits per heavy atom. The van der Waals surface area contributed by atoms with Gasteiger partial charge in [-0.3, -0.25) is 5.41 Å². The van der Waals surface area contributed by atoms with Gasteiger partial charge in [0.05, 0.1) is 5.56 Å². The highest BCUT2D eigenvalue weighted by atomic mass is 32.2. The number of benzene rings is 1. The van der Waals surface area contributed by atoms with E-state index in [2.05, 4.69) is 0 Å². The normalized spacial score (nSPS) is 13.5. The van der Waals surface area contributed by atoms with E-state index in [1.807, 2.05) is 18.2 Å². The highest BCUT2D eigenvalue weighted by Crippen LogP contribution is 2.26. The second-order valence-electron chi connectivity index (χ2n) is 3.18. The molecule has 0 saturated heterocycles. The Balaban J connectivity index is 2.28. The van der Waals surface area contributed by atoms with Crippen LogP contribution in [0.25, 0.3) is 0 Å². The third-order valence-electron chi connectivity index (χ3n) is 2.18. The monoisotopic (exact) mass is 222 g/mol. The summed E-state index contributed by atoms with van der Waals surface area (Å²) >= 11 is 1.21. The lowest BCUT2D eigenvalue weighted by Crippen LogP contribution is -2.05. The van der Waals surface area contributed by atoms with E-state index >= 15 is 0 Å². The SMILES string of the molecule is N=C(N)SCc1cccc2c1C(=O)OC2. The maximum atomic E-state index is 11.4. The minimum Gasteiger partial charge on any atom is -0.457 e. The third kappa shape index (κ3) is 1.97. The zero-order chi connectivity index (χ0) is 10.8. The van der Waals surface area contributed by atoms with Gasteiger partial charge in [-0.15, -0.1) is 0 Å². The zero-order valence-corrected chi connectivity index (χ0v) is 8.76. The van der Waals surface area contributed by atoms with E-state index < -0.39 is 0 Å². The molecular formula is C10H10N2O2S. The smallest absolute Gasteiger partial charge is 0.339 e. The second-order valence-corrected chi connectivity index (χ2v) is 4.20. The Hall–Kier alpha value is -1.49. The molecule has 0 spiro atoms. The zero-order valence-electron chi connectivity index (χ0n) is 7.95. The topological polar surface area (TPSA) is 76.2 Å². The van der Waals surface area contributed by atoms with E-state index in [1.54, 1.807) is 0 Å². The first-order valence-electron chi connectivity index (χ1n) is 4.43. The number of nitrogens with two attached hydrogens (primary N) is 1. The van der Waals surface area contributed by atoms with E-state index in [4.69, 9.17) is 15.9 Å². The third-order valence-corrected chi connectivity index (χ3v) is 2.95. The molecule has 1 aliphatic heterocycles. The lowest BCUT2D eigenvalue weighted by atomic mass is 10.0. The molecule has 1 aromatic carbocycles. The fraction of sp³-hybridized carbons (Fsp3) is 0.200. The summed E-state index contributed by atoms with van der Waals surface area (Å²) in [6.07, 6.45) is 0. The number of nitrogens with one attached hydrogen (secondary N) is 1. The quantitative estimate of drug-likeness (QED) is 0.451. The maximum absolute atomic E-state index is 11.4. The highest BCUT2D eigenvalue weighted by molar-refractivity contribution is 8.13. The lowest BCUT2D eigenvalue weighted by molar-refractivity contribution is 0.0534. The molecule has 78 valence electrons. The van der Waals surface area contributed by atoms with Crippen molar-refractivity contribution in [1.82, 2.24) is 0 Å². The molecule has 0 atom stereocenters. The van der Waals surface area contributed by atoms with Gasteiger partial charge in [0.2, 0.25) is 0 Å². The van der Waals surface area contributed by atoms with E-state index in [0.29, 0.717) is 17.9 Å². The first-order chi connectivity index (χ1) is 7.18. The molecule has 0 fully saturated rings. The van der Waals surface area contributed by atoms with Crippen molar-refractivity contribution in [2.75, 3.05) is 0 Å². The predicted octanol–water partition coefficient (Wildman–Crippen LogP) is 1.48. The van der Waals surface area contributed by atoms with E-state index in [9.17, 15) is 4.79 Å². The summed E-state index contributed by atoms with van der Waals surface area (Å²) in [7, 11) is 0. The van der Waals surface area contributed by atoms with Crippen LogP contribution in [0.15, 0.2) is 18.2 Å². The Morgan fingerprint density at radius 1 is 1.60 bits per heavy atom. The van der Waals surface area contributed by atoms with Crippen LogP contribution < -0.4 is 5.73 Å². The number of rotatable bonds is 2. The number of carbonyl (C=O) groups excluding carboxylic acids is 1. The predicted molar refractivity (Wildman–Crippen MR) is 58.8 cm³/mol. The van der Waals surface area contributed by atoms with Crippen LogP contribution in [-0.4, -0.2) is 11.1 Å². The first-order valence-corrected chi connectivity index (χ1v) is 5.42. The van der Waals surface area contributed by atoms with Gasteiger partial charge in [-0.25, -0.2) is 4.79 Å². The Labute approximate surface area is 91.3 Å². The Morgan fingerprint density at radius 2 is 2.40 bits per heavy atom. The molecule has 15 heavy (non-hydrogen) atoms. The largest absolute Gasteiger partial charge is 0.457 e. The van der Waals surface area contributed by atoms with Crippen LogP contribution in [0.4, 0.5) is 0 Å². The van der Waals surface area contributed by atoms with Crippen LogP contribution in [0.5, 0.6) is 0 Å². The molecule has 5 heteroatoms. The van der Waals surface area contributed by atoms with Crippen molar-refractivity contribution in [2.45, 2.75) is 12.4 Å². The molecule has 2 rings (SSSR count). The summed E-state index contributed by atoms with van der Waals surface area (Å²) < 4.78 is 4.94. The maximum Gasteiger partial charge on any atom is 0.339 e.